The second-order valence-corrected chi connectivity index (χ2v) is 3.36. The Morgan fingerprint density at radius 2 is 2.41 bits per heavy atom. The topological polar surface area (TPSA) is 101 Å². The number of nitrogens with one attached hydrogen (secondary N) is 1. The number of aromatic nitrogens is 1. The van der Waals surface area contributed by atoms with E-state index in [9.17, 15) is 4.79 Å². The van der Waals surface area contributed by atoms with Gasteiger partial charge < -0.3 is 15.8 Å². The SMILES string of the molecule is CCOC(=O)C(C)Nc1ccc(N)c(C#N)n1. The summed E-state index contributed by atoms with van der Waals surface area (Å²) in [4.78, 5) is 15.3. The lowest BCUT2D eigenvalue weighted by atomic mass is 10.3. The Kier molecular flexibility index (Phi) is 4.29. The van der Waals surface area contributed by atoms with Gasteiger partial charge in [0.25, 0.3) is 0 Å². The molecule has 3 N–H and O–H groups in total. The van der Waals surface area contributed by atoms with Crippen LogP contribution in [0.5, 0.6) is 0 Å². The lowest BCUT2D eigenvalue weighted by Crippen LogP contribution is -2.28. The Bertz CT molecular complexity index is 453. The normalized spacial score (nSPS) is 11.4. The predicted octanol–water partition coefficient (Wildman–Crippen LogP) is 0.899. The number of esters is 1. The Morgan fingerprint density at radius 1 is 1.71 bits per heavy atom. The molecule has 0 bridgehead atoms. The van der Waals surface area contributed by atoms with Crippen molar-refractivity contribution < 1.29 is 9.53 Å². The maximum Gasteiger partial charge on any atom is 0.328 e. The second-order valence-electron chi connectivity index (χ2n) is 3.36. The summed E-state index contributed by atoms with van der Waals surface area (Å²) < 4.78 is 4.84. The fourth-order valence-electron chi connectivity index (χ4n) is 1.19. The van der Waals surface area contributed by atoms with Crippen LogP contribution in [0.1, 0.15) is 19.5 Å². The highest BCUT2D eigenvalue weighted by Gasteiger charge is 2.14. The third-order valence-corrected chi connectivity index (χ3v) is 2.04. The van der Waals surface area contributed by atoms with Crippen LogP contribution in [0.15, 0.2) is 12.1 Å². The van der Waals surface area contributed by atoms with Gasteiger partial charge in [-0.15, -0.1) is 0 Å². The molecule has 1 rings (SSSR count). The minimum absolute atomic E-state index is 0.131. The van der Waals surface area contributed by atoms with Gasteiger partial charge >= 0.3 is 5.97 Å². The van der Waals surface area contributed by atoms with E-state index in [2.05, 4.69) is 10.3 Å². The minimum Gasteiger partial charge on any atom is -0.464 e. The highest BCUT2D eigenvalue weighted by Crippen LogP contribution is 2.13. The molecule has 0 aliphatic heterocycles. The first kappa shape index (κ1) is 12.8. The second kappa shape index (κ2) is 5.70. The summed E-state index contributed by atoms with van der Waals surface area (Å²) in [6, 6.07) is 4.51. The fraction of sp³-hybridized carbons (Fsp3) is 0.364. The number of nitrogens with zero attached hydrogens (tertiary/aromatic N) is 2. The van der Waals surface area contributed by atoms with E-state index in [0.29, 0.717) is 18.1 Å². The Morgan fingerprint density at radius 3 is 3.00 bits per heavy atom. The van der Waals surface area contributed by atoms with Crippen molar-refractivity contribution in [2.24, 2.45) is 0 Å². The number of pyridine rings is 1. The Balaban J connectivity index is 2.76. The molecular weight excluding hydrogens is 220 g/mol. The molecule has 1 unspecified atom stereocenters. The molecule has 1 aromatic heterocycles. The summed E-state index contributed by atoms with van der Waals surface area (Å²) in [6.07, 6.45) is 0. The minimum atomic E-state index is -0.530. The number of nitrogen functional groups attached to an aromatic ring is 1. The van der Waals surface area contributed by atoms with Crippen LogP contribution in [0.25, 0.3) is 0 Å². The van der Waals surface area contributed by atoms with E-state index in [4.69, 9.17) is 15.7 Å². The summed E-state index contributed by atoms with van der Waals surface area (Å²) in [7, 11) is 0. The first-order chi connectivity index (χ1) is 8.08. The molecule has 90 valence electrons. The Hall–Kier alpha value is -2.29. The third-order valence-electron chi connectivity index (χ3n) is 2.04. The summed E-state index contributed by atoms with van der Waals surface area (Å²) in [5.74, 6) is 0.0425. The van der Waals surface area contributed by atoms with Crippen molar-refractivity contribution in [3.63, 3.8) is 0 Å². The molecule has 0 saturated carbocycles. The Labute approximate surface area is 99.4 Å². The third kappa shape index (κ3) is 3.34. The van der Waals surface area contributed by atoms with Gasteiger partial charge in [-0.25, -0.2) is 9.78 Å². The molecule has 6 nitrogen and oxygen atoms in total. The van der Waals surface area contributed by atoms with Crippen LogP contribution in [-0.4, -0.2) is 23.6 Å². The van der Waals surface area contributed by atoms with Crippen LogP contribution >= 0.6 is 0 Å². The van der Waals surface area contributed by atoms with E-state index >= 15 is 0 Å². The lowest BCUT2D eigenvalue weighted by Gasteiger charge is -2.13. The number of rotatable bonds is 4. The molecule has 0 aliphatic carbocycles. The highest BCUT2D eigenvalue weighted by molar-refractivity contribution is 5.78. The van der Waals surface area contributed by atoms with Gasteiger partial charge in [-0.3, -0.25) is 0 Å². The molecule has 1 heterocycles. The average molecular weight is 234 g/mol. The van der Waals surface area contributed by atoms with Crippen LogP contribution < -0.4 is 11.1 Å². The zero-order chi connectivity index (χ0) is 12.8. The molecular formula is C11H14N4O2. The number of carbonyl (C=O) groups is 1. The van der Waals surface area contributed by atoms with Crippen molar-refractivity contribution in [2.45, 2.75) is 19.9 Å². The standard InChI is InChI=1S/C11H14N4O2/c1-3-17-11(16)7(2)14-10-5-4-8(13)9(6-12)15-10/h4-5,7H,3,13H2,1-2H3,(H,14,15). The number of carbonyl (C=O) groups excluding carboxylic acids is 1. The van der Waals surface area contributed by atoms with Gasteiger partial charge in [0.2, 0.25) is 0 Å². The van der Waals surface area contributed by atoms with Crippen LogP contribution in [0.2, 0.25) is 0 Å². The molecule has 0 radical (unpaired) electrons. The van der Waals surface area contributed by atoms with Crippen LogP contribution in [0, 0.1) is 11.3 Å². The van der Waals surface area contributed by atoms with Crippen molar-refractivity contribution in [1.82, 2.24) is 4.98 Å². The van der Waals surface area contributed by atoms with Gasteiger partial charge in [0.15, 0.2) is 5.69 Å². The number of hydrogen-bond acceptors (Lipinski definition) is 6. The van der Waals surface area contributed by atoms with Crippen LogP contribution in [-0.2, 0) is 9.53 Å². The summed E-state index contributed by atoms with van der Waals surface area (Å²) in [6.45, 7) is 3.71. The first-order valence-corrected chi connectivity index (χ1v) is 5.18. The smallest absolute Gasteiger partial charge is 0.328 e. The first-order valence-electron chi connectivity index (χ1n) is 5.18. The molecule has 0 aromatic carbocycles. The molecule has 0 saturated heterocycles. The van der Waals surface area contributed by atoms with Crippen molar-refractivity contribution in [3.05, 3.63) is 17.8 Å². The molecule has 0 aliphatic rings. The van der Waals surface area contributed by atoms with Gasteiger partial charge in [0.1, 0.15) is 17.9 Å². The van der Waals surface area contributed by atoms with E-state index < -0.39 is 6.04 Å². The molecule has 0 fully saturated rings. The zero-order valence-electron chi connectivity index (χ0n) is 9.73. The fourth-order valence-corrected chi connectivity index (χ4v) is 1.19. The number of nitrogens with two attached hydrogens (primary N) is 1. The van der Waals surface area contributed by atoms with Gasteiger partial charge in [0.05, 0.1) is 12.3 Å². The van der Waals surface area contributed by atoms with Crippen molar-refractivity contribution in [1.29, 1.82) is 5.26 Å². The molecule has 6 heteroatoms. The van der Waals surface area contributed by atoms with Gasteiger partial charge in [-0.2, -0.15) is 5.26 Å². The quantitative estimate of drug-likeness (QED) is 0.750. The van der Waals surface area contributed by atoms with Crippen LogP contribution in [0.3, 0.4) is 0 Å². The number of nitriles is 1. The molecule has 17 heavy (non-hydrogen) atoms. The average Bonchev–Trinajstić information content (AvgIpc) is 2.31. The van der Waals surface area contributed by atoms with Gasteiger partial charge in [0, 0.05) is 0 Å². The molecule has 0 spiro atoms. The van der Waals surface area contributed by atoms with Crippen molar-refractivity contribution >= 4 is 17.5 Å². The number of ether oxygens (including phenoxy) is 1. The van der Waals surface area contributed by atoms with Crippen molar-refractivity contribution in [2.75, 3.05) is 17.7 Å². The maximum absolute atomic E-state index is 11.4. The van der Waals surface area contributed by atoms with Gasteiger partial charge in [-0.1, -0.05) is 0 Å². The number of hydrogen-bond donors (Lipinski definition) is 2. The molecule has 1 aromatic rings. The highest BCUT2D eigenvalue weighted by atomic mass is 16.5. The molecule has 0 amide bonds. The van der Waals surface area contributed by atoms with Crippen molar-refractivity contribution in [3.8, 4) is 6.07 Å². The van der Waals surface area contributed by atoms with Crippen LogP contribution in [0.4, 0.5) is 11.5 Å². The summed E-state index contributed by atoms with van der Waals surface area (Å²) in [5.41, 5.74) is 5.97. The van der Waals surface area contributed by atoms with E-state index in [1.54, 1.807) is 26.0 Å². The zero-order valence-corrected chi connectivity index (χ0v) is 9.73. The van der Waals surface area contributed by atoms with E-state index in [0.717, 1.165) is 0 Å². The lowest BCUT2D eigenvalue weighted by molar-refractivity contribution is -0.143. The summed E-state index contributed by atoms with van der Waals surface area (Å²) in [5, 5.41) is 11.6. The predicted molar refractivity (Wildman–Crippen MR) is 63.1 cm³/mol. The monoisotopic (exact) mass is 234 g/mol. The summed E-state index contributed by atoms with van der Waals surface area (Å²) >= 11 is 0. The largest absolute Gasteiger partial charge is 0.464 e. The van der Waals surface area contributed by atoms with E-state index in [1.807, 2.05) is 6.07 Å². The van der Waals surface area contributed by atoms with E-state index in [-0.39, 0.29) is 11.7 Å². The molecule has 1 atom stereocenters. The van der Waals surface area contributed by atoms with E-state index in [1.165, 1.54) is 0 Å². The maximum atomic E-state index is 11.4. The number of anilines is 2. The van der Waals surface area contributed by atoms with Gasteiger partial charge in [-0.05, 0) is 26.0 Å².